The van der Waals surface area contributed by atoms with Crippen molar-refractivity contribution in [1.82, 2.24) is 19.5 Å². The highest BCUT2D eigenvalue weighted by Gasteiger charge is 2.25. The van der Waals surface area contributed by atoms with Gasteiger partial charge in [0.25, 0.3) is 5.91 Å². The number of furan rings is 1. The Balaban J connectivity index is 1.40. The van der Waals surface area contributed by atoms with E-state index in [0.717, 1.165) is 22.6 Å². The standard InChI is InChI=1S/C23H23N5O2/c1-16-5-6-18(17(2)14-16)19-15-20-22(24-7-8-28(20)25-19)26-9-11-27(12-10-26)23(29)21-4-3-13-30-21/h3-8,13-15H,9-12H2,1-2H3. The lowest BCUT2D eigenvalue weighted by molar-refractivity contribution is 0.0714. The van der Waals surface area contributed by atoms with Crippen LogP contribution in [0.1, 0.15) is 21.7 Å². The highest BCUT2D eigenvalue weighted by atomic mass is 16.3. The lowest BCUT2D eigenvalue weighted by atomic mass is 10.0. The van der Waals surface area contributed by atoms with Crippen molar-refractivity contribution in [2.45, 2.75) is 13.8 Å². The van der Waals surface area contributed by atoms with E-state index in [1.165, 1.54) is 17.4 Å². The number of carbonyl (C=O) groups is 1. The van der Waals surface area contributed by atoms with Gasteiger partial charge < -0.3 is 14.2 Å². The predicted octanol–water partition coefficient (Wildman–Crippen LogP) is 3.57. The average Bonchev–Trinajstić information content (AvgIpc) is 3.43. The summed E-state index contributed by atoms with van der Waals surface area (Å²) in [6.45, 7) is 6.88. The summed E-state index contributed by atoms with van der Waals surface area (Å²) >= 11 is 0. The molecular weight excluding hydrogens is 378 g/mol. The van der Waals surface area contributed by atoms with Gasteiger partial charge in [0.2, 0.25) is 0 Å². The number of amides is 1. The number of fused-ring (bicyclic) bond motifs is 1. The molecule has 7 nitrogen and oxygen atoms in total. The first-order valence-electron chi connectivity index (χ1n) is 10.1. The largest absolute Gasteiger partial charge is 0.459 e. The van der Waals surface area contributed by atoms with Crippen LogP contribution in [0, 0.1) is 13.8 Å². The number of aromatic nitrogens is 3. The number of anilines is 1. The van der Waals surface area contributed by atoms with Crippen LogP contribution in [0.2, 0.25) is 0 Å². The van der Waals surface area contributed by atoms with E-state index in [0.29, 0.717) is 31.9 Å². The average molecular weight is 401 g/mol. The molecule has 4 heterocycles. The SMILES string of the molecule is Cc1ccc(-c2cc3c(N4CCN(C(=O)c5ccco5)CC4)nccn3n2)c(C)c1. The minimum atomic E-state index is -0.0627. The molecule has 0 radical (unpaired) electrons. The minimum absolute atomic E-state index is 0.0627. The molecule has 1 amide bonds. The van der Waals surface area contributed by atoms with Crippen molar-refractivity contribution in [3.05, 3.63) is 71.9 Å². The smallest absolute Gasteiger partial charge is 0.289 e. The Morgan fingerprint density at radius 2 is 1.90 bits per heavy atom. The van der Waals surface area contributed by atoms with Crippen LogP contribution in [0.3, 0.4) is 0 Å². The van der Waals surface area contributed by atoms with Crippen LogP contribution in [0.5, 0.6) is 0 Å². The first-order valence-corrected chi connectivity index (χ1v) is 10.1. The number of hydrogen-bond acceptors (Lipinski definition) is 5. The molecule has 152 valence electrons. The van der Waals surface area contributed by atoms with Crippen molar-refractivity contribution < 1.29 is 9.21 Å². The van der Waals surface area contributed by atoms with Crippen LogP contribution in [0.4, 0.5) is 5.82 Å². The van der Waals surface area contributed by atoms with Crippen LogP contribution in [-0.4, -0.2) is 51.6 Å². The minimum Gasteiger partial charge on any atom is -0.459 e. The number of piperazine rings is 1. The van der Waals surface area contributed by atoms with Crippen molar-refractivity contribution in [1.29, 1.82) is 0 Å². The summed E-state index contributed by atoms with van der Waals surface area (Å²) in [6, 6.07) is 12.0. The van der Waals surface area contributed by atoms with Gasteiger partial charge in [-0.05, 0) is 37.6 Å². The zero-order valence-electron chi connectivity index (χ0n) is 17.1. The molecule has 5 rings (SSSR count). The number of rotatable bonds is 3. The fourth-order valence-corrected chi connectivity index (χ4v) is 4.06. The Labute approximate surface area is 174 Å². The number of hydrogen-bond donors (Lipinski definition) is 0. The molecule has 1 aliphatic heterocycles. The molecule has 0 aliphatic carbocycles. The third-order valence-corrected chi connectivity index (χ3v) is 5.63. The van der Waals surface area contributed by atoms with Crippen LogP contribution < -0.4 is 4.90 Å². The van der Waals surface area contributed by atoms with E-state index in [4.69, 9.17) is 9.52 Å². The van der Waals surface area contributed by atoms with E-state index in [2.05, 4.69) is 48.0 Å². The normalized spacial score (nSPS) is 14.5. The van der Waals surface area contributed by atoms with Gasteiger partial charge >= 0.3 is 0 Å². The van der Waals surface area contributed by atoms with E-state index < -0.39 is 0 Å². The van der Waals surface area contributed by atoms with E-state index >= 15 is 0 Å². The second-order valence-electron chi connectivity index (χ2n) is 7.69. The van der Waals surface area contributed by atoms with E-state index in [1.54, 1.807) is 18.3 Å². The summed E-state index contributed by atoms with van der Waals surface area (Å²) in [5.74, 6) is 1.22. The van der Waals surface area contributed by atoms with Crippen molar-refractivity contribution in [2.75, 3.05) is 31.1 Å². The molecule has 7 heteroatoms. The lowest BCUT2D eigenvalue weighted by Gasteiger charge is -2.35. The summed E-state index contributed by atoms with van der Waals surface area (Å²) in [5, 5.41) is 4.78. The Bertz CT molecular complexity index is 1200. The van der Waals surface area contributed by atoms with E-state index in [1.807, 2.05) is 15.6 Å². The zero-order valence-corrected chi connectivity index (χ0v) is 17.1. The number of benzene rings is 1. The third kappa shape index (κ3) is 3.22. The molecule has 1 fully saturated rings. The molecule has 3 aromatic heterocycles. The van der Waals surface area contributed by atoms with Crippen LogP contribution in [-0.2, 0) is 0 Å². The number of nitrogens with zero attached hydrogens (tertiary/aromatic N) is 5. The molecule has 0 spiro atoms. The number of carbonyl (C=O) groups excluding carboxylic acids is 1. The highest BCUT2D eigenvalue weighted by molar-refractivity contribution is 5.91. The van der Waals surface area contributed by atoms with Gasteiger partial charge in [-0.2, -0.15) is 5.10 Å². The fourth-order valence-electron chi connectivity index (χ4n) is 4.06. The molecule has 1 aromatic carbocycles. The summed E-state index contributed by atoms with van der Waals surface area (Å²) in [6.07, 6.45) is 5.19. The maximum Gasteiger partial charge on any atom is 0.289 e. The molecular formula is C23H23N5O2. The molecule has 1 saturated heterocycles. The quantitative estimate of drug-likeness (QED) is 0.525. The van der Waals surface area contributed by atoms with Gasteiger partial charge in [-0.15, -0.1) is 0 Å². The first-order chi connectivity index (χ1) is 14.6. The van der Waals surface area contributed by atoms with Gasteiger partial charge in [-0.3, -0.25) is 4.79 Å². The van der Waals surface area contributed by atoms with Crippen molar-refractivity contribution in [3.63, 3.8) is 0 Å². The number of aryl methyl sites for hydroxylation is 2. The van der Waals surface area contributed by atoms with E-state index in [9.17, 15) is 4.79 Å². The molecule has 0 saturated carbocycles. The van der Waals surface area contributed by atoms with Gasteiger partial charge in [0.05, 0.1) is 12.0 Å². The summed E-state index contributed by atoms with van der Waals surface area (Å²) in [7, 11) is 0. The van der Waals surface area contributed by atoms with Crippen LogP contribution in [0.25, 0.3) is 16.8 Å². The molecule has 1 aliphatic rings. The molecule has 0 unspecified atom stereocenters. The predicted molar refractivity (Wildman–Crippen MR) is 115 cm³/mol. The molecule has 0 N–H and O–H groups in total. The maximum absolute atomic E-state index is 12.5. The fraction of sp³-hybridized carbons (Fsp3) is 0.261. The van der Waals surface area contributed by atoms with Gasteiger partial charge in [0.1, 0.15) is 5.52 Å². The second-order valence-corrected chi connectivity index (χ2v) is 7.69. The van der Waals surface area contributed by atoms with Gasteiger partial charge in [-0.1, -0.05) is 23.8 Å². The molecule has 0 atom stereocenters. The summed E-state index contributed by atoms with van der Waals surface area (Å²) in [5.41, 5.74) is 5.48. The van der Waals surface area contributed by atoms with Crippen molar-refractivity contribution in [3.8, 4) is 11.3 Å². The maximum atomic E-state index is 12.5. The molecule has 30 heavy (non-hydrogen) atoms. The summed E-state index contributed by atoms with van der Waals surface area (Å²) in [4.78, 5) is 21.2. The van der Waals surface area contributed by atoms with Crippen molar-refractivity contribution in [2.24, 2.45) is 0 Å². The molecule has 4 aromatic rings. The zero-order chi connectivity index (χ0) is 20.7. The summed E-state index contributed by atoms with van der Waals surface area (Å²) < 4.78 is 7.14. The third-order valence-electron chi connectivity index (χ3n) is 5.63. The van der Waals surface area contributed by atoms with Crippen LogP contribution >= 0.6 is 0 Å². The first kappa shape index (κ1) is 18.4. The highest BCUT2D eigenvalue weighted by Crippen LogP contribution is 2.28. The Morgan fingerprint density at radius 3 is 2.63 bits per heavy atom. The lowest BCUT2D eigenvalue weighted by Crippen LogP contribution is -2.49. The van der Waals surface area contributed by atoms with Gasteiger partial charge in [0.15, 0.2) is 11.6 Å². The van der Waals surface area contributed by atoms with Gasteiger partial charge in [-0.25, -0.2) is 9.50 Å². The van der Waals surface area contributed by atoms with E-state index in [-0.39, 0.29) is 5.91 Å². The van der Waals surface area contributed by atoms with Crippen LogP contribution in [0.15, 0.2) is 59.5 Å². The van der Waals surface area contributed by atoms with Crippen molar-refractivity contribution >= 4 is 17.2 Å². The molecule has 0 bridgehead atoms. The monoisotopic (exact) mass is 401 g/mol. The van der Waals surface area contributed by atoms with Gasteiger partial charge in [0, 0.05) is 44.1 Å². The topological polar surface area (TPSA) is 66.9 Å². The Hall–Kier alpha value is -3.61. The second kappa shape index (κ2) is 7.33. The Morgan fingerprint density at radius 1 is 1.07 bits per heavy atom. The Kier molecular flexibility index (Phi) is 4.50.